The Kier molecular flexibility index (Phi) is 8.92. The number of imidazole rings is 1. The van der Waals surface area contributed by atoms with Gasteiger partial charge in [0, 0.05) is 49.3 Å². The number of nitrogens with one attached hydrogen (secondary N) is 2. The number of nitrogens with zero attached hydrogens (tertiary/aromatic N) is 1. The third-order valence-corrected chi connectivity index (χ3v) is 12.8. The molecule has 5 rings (SSSR count). The highest BCUT2D eigenvalue weighted by atomic mass is 16.5. The summed E-state index contributed by atoms with van der Waals surface area (Å²) >= 11 is 0. The van der Waals surface area contributed by atoms with E-state index in [-0.39, 0.29) is 17.6 Å². The standard InChI is InChI=1S/C34H59N3O2/c1-7-39-26-13-17-33(6)30-14-16-32(5)28(24(4)10-8-9-23(2)3)11-12-29(32)27(30)19-31(34(33,38)20-26)36-18-15-25-21-35-22-37-25/h21-24,26-31,36,38H,7-20H2,1-6H3,(H,35,37)/t24?,26-,27-,28+,29-,30-,31+,32+,33+,34-/m0/s1. The number of aliphatic hydroxyl groups is 1. The second-order valence-electron chi connectivity index (χ2n) is 15.1. The van der Waals surface area contributed by atoms with E-state index < -0.39 is 5.60 Å². The van der Waals surface area contributed by atoms with Gasteiger partial charge < -0.3 is 20.1 Å². The highest BCUT2D eigenvalue weighted by Crippen LogP contribution is 2.69. The van der Waals surface area contributed by atoms with Crippen LogP contribution in [0.3, 0.4) is 0 Å². The van der Waals surface area contributed by atoms with Crippen LogP contribution in [0, 0.1) is 46.3 Å². The largest absolute Gasteiger partial charge is 0.388 e. The van der Waals surface area contributed by atoms with Crippen LogP contribution in [0.2, 0.25) is 0 Å². The molecule has 0 saturated heterocycles. The van der Waals surface area contributed by atoms with Crippen molar-refractivity contribution in [3.63, 3.8) is 0 Å². The number of aromatic amines is 1. The SMILES string of the molecule is CCO[C@H]1CC[C@]2(C)[C@H]3CC[C@]4(C)[C@@H](C(C)CCCC(C)C)CC[C@H]4[C@@H]3C[C@@H](NCCc3cnc[nH]3)[C@@]2(O)C1. The number of rotatable bonds is 11. The molecule has 0 radical (unpaired) electrons. The third-order valence-electron chi connectivity index (χ3n) is 12.8. The van der Waals surface area contributed by atoms with Crippen LogP contribution >= 0.6 is 0 Å². The molecule has 0 bridgehead atoms. The fourth-order valence-electron chi connectivity index (χ4n) is 10.7. The summed E-state index contributed by atoms with van der Waals surface area (Å²) in [7, 11) is 0. The molecule has 0 spiro atoms. The number of hydrogen-bond acceptors (Lipinski definition) is 4. The normalized spacial score (nSPS) is 42.7. The molecule has 1 unspecified atom stereocenters. The molecule has 4 saturated carbocycles. The number of H-pyrrole nitrogens is 1. The summed E-state index contributed by atoms with van der Waals surface area (Å²) in [4.78, 5) is 7.46. The molecule has 39 heavy (non-hydrogen) atoms. The molecule has 0 aliphatic heterocycles. The van der Waals surface area contributed by atoms with Crippen molar-refractivity contribution in [2.24, 2.45) is 46.3 Å². The summed E-state index contributed by atoms with van der Waals surface area (Å²) in [5.41, 5.74) is 0.873. The van der Waals surface area contributed by atoms with Gasteiger partial charge in [-0.1, -0.05) is 53.9 Å². The average molecular weight is 542 g/mol. The maximum absolute atomic E-state index is 12.7. The van der Waals surface area contributed by atoms with Crippen molar-refractivity contribution in [1.29, 1.82) is 0 Å². The molecule has 10 atom stereocenters. The number of fused-ring (bicyclic) bond motifs is 5. The Morgan fingerprint density at radius 3 is 2.64 bits per heavy atom. The Labute approximate surface area is 239 Å². The van der Waals surface area contributed by atoms with E-state index in [9.17, 15) is 5.11 Å². The van der Waals surface area contributed by atoms with E-state index in [4.69, 9.17) is 4.74 Å². The molecule has 1 aromatic rings. The van der Waals surface area contributed by atoms with Gasteiger partial charge in [-0.3, -0.25) is 0 Å². The Morgan fingerprint density at radius 1 is 1.10 bits per heavy atom. The lowest BCUT2D eigenvalue weighted by Gasteiger charge is -2.66. The maximum Gasteiger partial charge on any atom is 0.0921 e. The predicted molar refractivity (Wildman–Crippen MR) is 159 cm³/mol. The molecule has 1 aromatic heterocycles. The van der Waals surface area contributed by atoms with Gasteiger partial charge in [-0.25, -0.2) is 4.98 Å². The van der Waals surface area contributed by atoms with Gasteiger partial charge in [-0.2, -0.15) is 0 Å². The fraction of sp³-hybridized carbons (Fsp3) is 0.912. The number of ether oxygens (including phenoxy) is 1. The van der Waals surface area contributed by atoms with Crippen LogP contribution in [0.15, 0.2) is 12.5 Å². The van der Waals surface area contributed by atoms with Gasteiger partial charge in [0.05, 0.1) is 18.0 Å². The molecule has 1 heterocycles. The van der Waals surface area contributed by atoms with Gasteiger partial charge in [0.25, 0.3) is 0 Å². The van der Waals surface area contributed by atoms with Crippen molar-refractivity contribution in [3.8, 4) is 0 Å². The number of hydrogen-bond donors (Lipinski definition) is 3. The maximum atomic E-state index is 12.7. The van der Waals surface area contributed by atoms with Crippen molar-refractivity contribution in [3.05, 3.63) is 18.2 Å². The minimum atomic E-state index is -0.712. The Bertz CT molecular complexity index is 920. The predicted octanol–water partition coefficient (Wildman–Crippen LogP) is 7.16. The molecule has 5 nitrogen and oxygen atoms in total. The highest BCUT2D eigenvalue weighted by molar-refractivity contribution is 5.19. The van der Waals surface area contributed by atoms with Gasteiger partial charge in [0.2, 0.25) is 0 Å². The molecule has 222 valence electrons. The molecule has 4 aliphatic carbocycles. The minimum absolute atomic E-state index is 0.0442. The fourth-order valence-corrected chi connectivity index (χ4v) is 10.7. The Morgan fingerprint density at radius 2 is 1.92 bits per heavy atom. The lowest BCUT2D eigenvalue weighted by atomic mass is 9.42. The molecule has 5 heteroatoms. The van der Waals surface area contributed by atoms with Gasteiger partial charge in [0.1, 0.15) is 0 Å². The van der Waals surface area contributed by atoms with E-state index in [1.54, 1.807) is 6.33 Å². The summed E-state index contributed by atoms with van der Waals surface area (Å²) in [6, 6.07) is 0.125. The Balaban J connectivity index is 1.37. The van der Waals surface area contributed by atoms with E-state index in [1.807, 2.05) is 6.20 Å². The molecule has 0 amide bonds. The highest BCUT2D eigenvalue weighted by Gasteiger charge is 2.67. The van der Waals surface area contributed by atoms with Gasteiger partial charge >= 0.3 is 0 Å². The lowest BCUT2D eigenvalue weighted by Crippen LogP contribution is -2.71. The van der Waals surface area contributed by atoms with Crippen LogP contribution < -0.4 is 5.32 Å². The van der Waals surface area contributed by atoms with Crippen LogP contribution in [0.5, 0.6) is 0 Å². The first kappa shape index (κ1) is 29.6. The second kappa shape index (κ2) is 11.8. The van der Waals surface area contributed by atoms with Crippen LogP contribution in [-0.4, -0.2) is 46.0 Å². The zero-order valence-electron chi connectivity index (χ0n) is 26.0. The zero-order valence-corrected chi connectivity index (χ0v) is 26.0. The van der Waals surface area contributed by atoms with Crippen LogP contribution in [0.1, 0.15) is 118 Å². The van der Waals surface area contributed by atoms with Crippen molar-refractivity contribution in [2.45, 2.75) is 136 Å². The molecular weight excluding hydrogens is 482 g/mol. The van der Waals surface area contributed by atoms with E-state index in [2.05, 4.69) is 56.8 Å². The monoisotopic (exact) mass is 541 g/mol. The minimum Gasteiger partial charge on any atom is -0.388 e. The summed E-state index contributed by atoms with van der Waals surface area (Å²) in [6.07, 6.45) is 18.5. The number of aromatic nitrogens is 2. The van der Waals surface area contributed by atoms with Crippen LogP contribution in [0.4, 0.5) is 0 Å². The Hall–Kier alpha value is -0.910. The summed E-state index contributed by atoms with van der Waals surface area (Å²) in [5, 5.41) is 16.7. The zero-order chi connectivity index (χ0) is 27.8. The lowest BCUT2D eigenvalue weighted by molar-refractivity contribution is -0.237. The molecule has 4 fully saturated rings. The van der Waals surface area contributed by atoms with Gasteiger partial charge in [-0.05, 0) is 92.8 Å². The van der Waals surface area contributed by atoms with Crippen molar-refractivity contribution < 1.29 is 9.84 Å². The van der Waals surface area contributed by atoms with Crippen LogP contribution in [0.25, 0.3) is 0 Å². The second-order valence-corrected chi connectivity index (χ2v) is 15.1. The molecule has 3 N–H and O–H groups in total. The smallest absolute Gasteiger partial charge is 0.0921 e. The summed E-state index contributed by atoms with van der Waals surface area (Å²) < 4.78 is 6.16. The van der Waals surface area contributed by atoms with E-state index in [0.29, 0.717) is 11.3 Å². The summed E-state index contributed by atoms with van der Waals surface area (Å²) in [6.45, 7) is 16.2. The van der Waals surface area contributed by atoms with E-state index >= 15 is 0 Å². The molecular formula is C34H59N3O2. The van der Waals surface area contributed by atoms with Crippen molar-refractivity contribution >= 4 is 0 Å². The first-order valence-corrected chi connectivity index (χ1v) is 16.7. The van der Waals surface area contributed by atoms with E-state index in [0.717, 1.165) is 80.5 Å². The average Bonchev–Trinajstić information content (AvgIpc) is 3.53. The van der Waals surface area contributed by atoms with Gasteiger partial charge in [-0.15, -0.1) is 0 Å². The van der Waals surface area contributed by atoms with Gasteiger partial charge in [0.15, 0.2) is 0 Å². The van der Waals surface area contributed by atoms with E-state index in [1.165, 1.54) is 44.9 Å². The first-order chi connectivity index (χ1) is 18.6. The quantitative estimate of drug-likeness (QED) is 0.278. The molecule has 4 aliphatic rings. The summed E-state index contributed by atoms with van der Waals surface area (Å²) in [5.74, 6) is 4.66. The molecule has 0 aromatic carbocycles. The topological polar surface area (TPSA) is 70.2 Å². The third kappa shape index (κ3) is 5.39. The van der Waals surface area contributed by atoms with Crippen molar-refractivity contribution in [1.82, 2.24) is 15.3 Å². The van der Waals surface area contributed by atoms with Crippen LogP contribution in [-0.2, 0) is 11.2 Å². The van der Waals surface area contributed by atoms with Crippen molar-refractivity contribution in [2.75, 3.05) is 13.2 Å². The first-order valence-electron chi connectivity index (χ1n) is 16.7.